The van der Waals surface area contributed by atoms with E-state index in [-0.39, 0.29) is 6.54 Å². The van der Waals surface area contributed by atoms with Gasteiger partial charge in [-0.2, -0.15) is 0 Å². The van der Waals surface area contributed by atoms with Gasteiger partial charge in [0.15, 0.2) is 11.6 Å². The molecule has 1 heterocycles. The van der Waals surface area contributed by atoms with Crippen LogP contribution in [0.15, 0.2) is 12.1 Å². The Kier molecular flexibility index (Phi) is 6.82. The molecule has 1 saturated heterocycles. The Labute approximate surface area is 154 Å². The molecule has 0 saturated carbocycles. The van der Waals surface area contributed by atoms with Gasteiger partial charge in [0, 0.05) is 18.7 Å². The highest BCUT2D eigenvalue weighted by molar-refractivity contribution is 7.88. The molecule has 5 nitrogen and oxygen atoms in total. The Balaban J connectivity index is 2.03. The molecule has 3 N–H and O–H groups in total. The summed E-state index contributed by atoms with van der Waals surface area (Å²) >= 11 is 0. The van der Waals surface area contributed by atoms with E-state index in [1.54, 1.807) is 0 Å². The van der Waals surface area contributed by atoms with Crippen molar-refractivity contribution in [2.24, 2.45) is 5.73 Å². The van der Waals surface area contributed by atoms with E-state index < -0.39 is 64.0 Å². The first-order valence-electron chi connectivity index (χ1n) is 8.34. The van der Waals surface area contributed by atoms with Crippen molar-refractivity contribution < 1.29 is 30.4 Å². The van der Waals surface area contributed by atoms with E-state index in [2.05, 4.69) is 4.72 Å². The van der Waals surface area contributed by atoms with Gasteiger partial charge in [0.25, 0.3) is 5.92 Å². The summed E-state index contributed by atoms with van der Waals surface area (Å²) in [5.41, 5.74) is 5.10. The molecule has 27 heavy (non-hydrogen) atoms. The van der Waals surface area contributed by atoms with Gasteiger partial charge in [-0.25, -0.2) is 35.1 Å². The lowest BCUT2D eigenvalue weighted by Crippen LogP contribution is -2.52. The van der Waals surface area contributed by atoms with Crippen LogP contribution in [0.25, 0.3) is 0 Å². The summed E-state index contributed by atoms with van der Waals surface area (Å²) in [6, 6.07) is -1.41. The van der Waals surface area contributed by atoms with Crippen molar-refractivity contribution in [3.63, 3.8) is 0 Å². The standard InChI is InChI=1S/C16H22F5N3O2S/c1-27(25,26)23-8-11-3-2-4-24(11)9-16(20,21)15(22)6-10-5-13(18)14(19)7-12(10)17/h5,7,11,15,23H,2-4,6,8-9,22H2,1H3. The van der Waals surface area contributed by atoms with Crippen LogP contribution >= 0.6 is 0 Å². The molecule has 1 fully saturated rings. The summed E-state index contributed by atoms with van der Waals surface area (Å²) < 4.78 is 93.6. The van der Waals surface area contributed by atoms with Crippen LogP contribution in [0.1, 0.15) is 18.4 Å². The molecular formula is C16H22F5N3O2S. The van der Waals surface area contributed by atoms with Crippen LogP contribution in [-0.2, 0) is 16.4 Å². The number of nitrogens with two attached hydrogens (primary N) is 1. The number of alkyl halides is 2. The summed E-state index contributed by atoms with van der Waals surface area (Å²) in [4.78, 5) is 1.43. The lowest BCUT2D eigenvalue weighted by atomic mass is 10.00. The van der Waals surface area contributed by atoms with E-state index in [1.165, 1.54) is 4.90 Å². The Morgan fingerprint density at radius 1 is 1.26 bits per heavy atom. The Morgan fingerprint density at radius 3 is 2.52 bits per heavy atom. The highest BCUT2D eigenvalue weighted by Crippen LogP contribution is 2.27. The quantitative estimate of drug-likeness (QED) is 0.500. The van der Waals surface area contributed by atoms with Gasteiger partial charge in [0.2, 0.25) is 10.0 Å². The fraction of sp³-hybridized carbons (Fsp3) is 0.625. The van der Waals surface area contributed by atoms with Crippen LogP contribution < -0.4 is 10.5 Å². The number of nitrogens with one attached hydrogen (secondary N) is 1. The second kappa shape index (κ2) is 8.38. The minimum absolute atomic E-state index is 0.00194. The molecule has 1 aromatic carbocycles. The van der Waals surface area contributed by atoms with Crippen molar-refractivity contribution in [2.75, 3.05) is 25.9 Å². The average molecular weight is 415 g/mol. The van der Waals surface area contributed by atoms with Gasteiger partial charge in [0.1, 0.15) is 5.82 Å². The predicted octanol–water partition coefficient (Wildman–Crippen LogP) is 1.62. The van der Waals surface area contributed by atoms with Crippen molar-refractivity contribution in [1.29, 1.82) is 0 Å². The van der Waals surface area contributed by atoms with Crippen molar-refractivity contribution in [1.82, 2.24) is 9.62 Å². The van der Waals surface area contributed by atoms with Crippen LogP contribution in [-0.4, -0.2) is 57.2 Å². The van der Waals surface area contributed by atoms with E-state index >= 15 is 0 Å². The van der Waals surface area contributed by atoms with Crippen LogP contribution in [0.4, 0.5) is 22.0 Å². The first kappa shape index (κ1) is 22.0. The third kappa shape index (κ3) is 6.09. The molecule has 0 amide bonds. The van der Waals surface area contributed by atoms with Crippen LogP contribution in [0.2, 0.25) is 0 Å². The van der Waals surface area contributed by atoms with E-state index in [0.717, 1.165) is 6.26 Å². The smallest absolute Gasteiger partial charge is 0.275 e. The van der Waals surface area contributed by atoms with Crippen LogP contribution in [0.5, 0.6) is 0 Å². The second-order valence-electron chi connectivity index (χ2n) is 6.82. The minimum atomic E-state index is -3.44. The molecule has 0 bridgehead atoms. The van der Waals surface area contributed by atoms with Gasteiger partial charge in [-0.05, 0) is 37.4 Å². The maximum Gasteiger partial charge on any atom is 0.275 e. The maximum atomic E-state index is 14.5. The topological polar surface area (TPSA) is 75.4 Å². The van der Waals surface area contributed by atoms with Gasteiger partial charge in [-0.3, -0.25) is 4.90 Å². The molecule has 1 aromatic rings. The monoisotopic (exact) mass is 415 g/mol. The third-order valence-corrected chi connectivity index (χ3v) is 5.26. The zero-order valence-corrected chi connectivity index (χ0v) is 15.5. The predicted molar refractivity (Wildman–Crippen MR) is 90.4 cm³/mol. The number of rotatable bonds is 8. The normalized spacial score (nSPS) is 20.2. The molecule has 11 heteroatoms. The summed E-state index contributed by atoms with van der Waals surface area (Å²) in [7, 11) is -3.44. The van der Waals surface area contributed by atoms with Crippen molar-refractivity contribution >= 4 is 10.0 Å². The van der Waals surface area contributed by atoms with Crippen molar-refractivity contribution in [3.05, 3.63) is 35.1 Å². The molecule has 2 rings (SSSR count). The first-order chi connectivity index (χ1) is 12.4. The molecule has 2 atom stereocenters. The van der Waals surface area contributed by atoms with Crippen molar-refractivity contribution in [2.45, 2.75) is 37.3 Å². The molecule has 2 unspecified atom stereocenters. The van der Waals surface area contributed by atoms with Crippen LogP contribution in [0, 0.1) is 17.5 Å². The Bertz CT molecular complexity index is 776. The largest absolute Gasteiger partial charge is 0.322 e. The minimum Gasteiger partial charge on any atom is -0.322 e. The zero-order chi connectivity index (χ0) is 20.4. The summed E-state index contributed by atoms with van der Waals surface area (Å²) in [5.74, 6) is -7.33. The van der Waals surface area contributed by atoms with Gasteiger partial charge >= 0.3 is 0 Å². The Hall–Kier alpha value is -1.30. The van der Waals surface area contributed by atoms with Gasteiger partial charge in [-0.15, -0.1) is 0 Å². The number of hydrogen-bond donors (Lipinski definition) is 2. The maximum absolute atomic E-state index is 14.5. The van der Waals surface area contributed by atoms with Gasteiger partial charge in [-0.1, -0.05) is 0 Å². The molecule has 0 aliphatic carbocycles. The lowest BCUT2D eigenvalue weighted by molar-refractivity contribution is -0.0558. The molecule has 154 valence electrons. The fourth-order valence-electron chi connectivity index (χ4n) is 3.08. The molecule has 1 aliphatic rings. The third-order valence-electron chi connectivity index (χ3n) is 4.57. The molecule has 0 radical (unpaired) electrons. The number of sulfonamides is 1. The van der Waals surface area contributed by atoms with E-state index in [1.807, 2.05) is 0 Å². The van der Waals surface area contributed by atoms with E-state index in [9.17, 15) is 30.4 Å². The number of halogens is 5. The molecule has 0 spiro atoms. The zero-order valence-electron chi connectivity index (χ0n) is 14.7. The first-order valence-corrected chi connectivity index (χ1v) is 10.2. The number of benzene rings is 1. The second-order valence-corrected chi connectivity index (χ2v) is 8.65. The fourth-order valence-corrected chi connectivity index (χ4v) is 3.57. The summed E-state index contributed by atoms with van der Waals surface area (Å²) in [6.07, 6.45) is 1.48. The van der Waals surface area contributed by atoms with E-state index in [4.69, 9.17) is 5.73 Å². The molecule has 1 aliphatic heterocycles. The SMILES string of the molecule is CS(=O)(=O)NCC1CCCN1CC(F)(F)C(N)Cc1cc(F)c(F)cc1F. The lowest BCUT2D eigenvalue weighted by Gasteiger charge is -2.31. The number of hydrogen-bond acceptors (Lipinski definition) is 4. The van der Waals surface area contributed by atoms with Crippen LogP contribution in [0.3, 0.4) is 0 Å². The summed E-state index contributed by atoms with van der Waals surface area (Å²) in [6.45, 7) is -0.393. The Morgan fingerprint density at radius 2 is 1.89 bits per heavy atom. The van der Waals surface area contributed by atoms with E-state index in [0.29, 0.717) is 31.5 Å². The van der Waals surface area contributed by atoms with Gasteiger partial charge < -0.3 is 5.73 Å². The summed E-state index contributed by atoms with van der Waals surface area (Å²) in [5, 5.41) is 0. The number of nitrogens with zero attached hydrogens (tertiary/aromatic N) is 1. The highest BCUT2D eigenvalue weighted by Gasteiger charge is 2.42. The van der Waals surface area contributed by atoms with Crippen molar-refractivity contribution in [3.8, 4) is 0 Å². The highest BCUT2D eigenvalue weighted by atomic mass is 32.2. The molecule has 0 aromatic heterocycles. The average Bonchev–Trinajstić information content (AvgIpc) is 2.96. The molecular weight excluding hydrogens is 393 g/mol. The number of likely N-dealkylation sites (tertiary alicyclic amines) is 1. The van der Waals surface area contributed by atoms with Gasteiger partial charge in [0.05, 0.1) is 18.8 Å².